The van der Waals surface area contributed by atoms with E-state index in [-0.39, 0.29) is 12.5 Å². The normalized spacial score (nSPS) is 12.7. The van der Waals surface area contributed by atoms with Gasteiger partial charge >= 0.3 is 6.18 Å². The number of hydrogen-bond acceptors (Lipinski definition) is 2. The molecule has 28 heavy (non-hydrogen) atoms. The Morgan fingerprint density at radius 2 is 2.00 bits per heavy atom. The summed E-state index contributed by atoms with van der Waals surface area (Å²) in [6, 6.07) is 9.02. The van der Waals surface area contributed by atoms with Crippen molar-refractivity contribution in [2.45, 2.75) is 33.1 Å². The van der Waals surface area contributed by atoms with E-state index in [1.165, 1.54) is 6.08 Å². The molecule has 2 aromatic carbocycles. The lowest BCUT2D eigenvalue weighted by Gasteiger charge is -2.16. The van der Waals surface area contributed by atoms with E-state index in [0.717, 1.165) is 23.4 Å². The monoisotopic (exact) mass is 455 g/mol. The van der Waals surface area contributed by atoms with Crippen LogP contribution in [0.1, 0.15) is 30.5 Å². The van der Waals surface area contributed by atoms with Crippen LogP contribution in [0.3, 0.4) is 0 Å². The second-order valence-corrected chi connectivity index (χ2v) is 6.75. The number of hydrogen-bond donors (Lipinski definition) is 0. The molecule has 0 spiro atoms. The second kappa shape index (κ2) is 9.28. The van der Waals surface area contributed by atoms with Gasteiger partial charge in [0.05, 0.1) is 11.3 Å². The standard InChI is InChI=1S/C19H15BrF3NO2.C2H6/c1-2-18(25)24-7-6-15-16(24)4-3-5-17(15)26-11-12-8-13(19(21,22)23)10-14(20)9-12;1-2/h2-5,8-10H,1,6-7,11H2;1-2H3. The Morgan fingerprint density at radius 1 is 1.29 bits per heavy atom. The molecule has 2 aromatic rings. The fourth-order valence-corrected chi connectivity index (χ4v) is 3.48. The summed E-state index contributed by atoms with van der Waals surface area (Å²) in [5.74, 6) is 0.373. The van der Waals surface area contributed by atoms with Gasteiger partial charge < -0.3 is 9.64 Å². The highest BCUT2D eigenvalue weighted by Gasteiger charge is 2.31. The Kier molecular flexibility index (Phi) is 7.29. The first-order valence-corrected chi connectivity index (χ1v) is 9.64. The Labute approximate surface area is 170 Å². The molecule has 0 unspecified atom stereocenters. The molecule has 3 rings (SSSR count). The summed E-state index contributed by atoms with van der Waals surface area (Å²) >= 11 is 3.10. The van der Waals surface area contributed by atoms with Crippen LogP contribution in [0.4, 0.5) is 18.9 Å². The van der Waals surface area contributed by atoms with Gasteiger partial charge in [0.2, 0.25) is 5.91 Å². The minimum atomic E-state index is -4.42. The third kappa shape index (κ3) is 4.95. The number of carbonyl (C=O) groups excluding carboxylic acids is 1. The lowest BCUT2D eigenvalue weighted by atomic mass is 10.1. The third-order valence-electron chi connectivity index (χ3n) is 4.10. The summed E-state index contributed by atoms with van der Waals surface area (Å²) in [5, 5.41) is 0. The minimum Gasteiger partial charge on any atom is -0.489 e. The van der Waals surface area contributed by atoms with Crippen molar-refractivity contribution in [3.8, 4) is 5.75 Å². The first-order chi connectivity index (χ1) is 13.3. The van der Waals surface area contributed by atoms with E-state index >= 15 is 0 Å². The number of halogens is 4. The summed E-state index contributed by atoms with van der Waals surface area (Å²) < 4.78 is 44.9. The number of anilines is 1. The lowest BCUT2D eigenvalue weighted by Crippen LogP contribution is -2.26. The molecule has 3 nitrogen and oxygen atoms in total. The summed E-state index contributed by atoms with van der Waals surface area (Å²) in [4.78, 5) is 13.5. The van der Waals surface area contributed by atoms with Crippen molar-refractivity contribution in [2.75, 3.05) is 11.4 Å². The van der Waals surface area contributed by atoms with Gasteiger partial charge in [-0.2, -0.15) is 13.2 Å². The molecular weight excluding hydrogens is 435 g/mol. The highest BCUT2D eigenvalue weighted by molar-refractivity contribution is 9.10. The highest BCUT2D eigenvalue weighted by atomic mass is 79.9. The van der Waals surface area contributed by atoms with Crippen molar-refractivity contribution < 1.29 is 22.7 Å². The molecule has 1 amide bonds. The molecule has 1 heterocycles. The van der Waals surface area contributed by atoms with Crippen LogP contribution in [-0.4, -0.2) is 12.5 Å². The predicted octanol–water partition coefficient (Wildman–Crippen LogP) is 6.15. The average molecular weight is 456 g/mol. The predicted molar refractivity (Wildman–Crippen MR) is 108 cm³/mol. The molecule has 0 saturated heterocycles. The zero-order chi connectivity index (χ0) is 20.9. The summed E-state index contributed by atoms with van der Waals surface area (Å²) in [6.07, 6.45) is -2.54. The minimum absolute atomic E-state index is 0.00558. The SMILES string of the molecule is C=CC(=O)N1CCc2c(OCc3cc(Br)cc(C(F)(F)F)c3)cccc21.CC. The van der Waals surface area contributed by atoms with Crippen molar-refractivity contribution in [3.05, 3.63) is 70.2 Å². The van der Waals surface area contributed by atoms with Crippen LogP contribution in [-0.2, 0) is 24.0 Å². The van der Waals surface area contributed by atoms with Crippen LogP contribution in [0, 0.1) is 0 Å². The zero-order valence-corrected chi connectivity index (χ0v) is 17.2. The molecular formula is C21H21BrF3NO2. The molecule has 0 saturated carbocycles. The molecule has 0 aliphatic carbocycles. The van der Waals surface area contributed by atoms with Gasteiger partial charge in [0, 0.05) is 16.6 Å². The van der Waals surface area contributed by atoms with Gasteiger partial charge in [0.15, 0.2) is 0 Å². The van der Waals surface area contributed by atoms with Crippen LogP contribution in [0.5, 0.6) is 5.75 Å². The Bertz CT molecular complexity index is 865. The molecule has 0 atom stereocenters. The van der Waals surface area contributed by atoms with E-state index < -0.39 is 11.7 Å². The van der Waals surface area contributed by atoms with Crippen molar-refractivity contribution >= 4 is 27.5 Å². The van der Waals surface area contributed by atoms with Gasteiger partial charge in [0.25, 0.3) is 0 Å². The van der Waals surface area contributed by atoms with Gasteiger partial charge in [-0.3, -0.25) is 4.79 Å². The number of benzene rings is 2. The summed E-state index contributed by atoms with van der Waals surface area (Å²) in [5.41, 5.74) is 1.29. The molecule has 0 aromatic heterocycles. The number of rotatable bonds is 4. The summed E-state index contributed by atoms with van der Waals surface area (Å²) in [7, 11) is 0. The first kappa shape index (κ1) is 22.0. The van der Waals surface area contributed by atoms with Gasteiger partial charge in [-0.25, -0.2) is 0 Å². The zero-order valence-electron chi connectivity index (χ0n) is 15.6. The van der Waals surface area contributed by atoms with E-state index in [1.54, 1.807) is 23.1 Å². The van der Waals surface area contributed by atoms with Crippen LogP contribution in [0.15, 0.2) is 53.5 Å². The van der Waals surface area contributed by atoms with Crippen LogP contribution < -0.4 is 9.64 Å². The number of carbonyl (C=O) groups is 1. The second-order valence-electron chi connectivity index (χ2n) is 5.83. The summed E-state index contributed by atoms with van der Waals surface area (Å²) in [6.45, 7) is 8.01. The molecule has 7 heteroatoms. The lowest BCUT2D eigenvalue weighted by molar-refractivity contribution is -0.137. The van der Waals surface area contributed by atoms with E-state index in [9.17, 15) is 18.0 Å². The van der Waals surface area contributed by atoms with Gasteiger partial charge in [-0.15, -0.1) is 0 Å². The maximum Gasteiger partial charge on any atom is 0.416 e. The smallest absolute Gasteiger partial charge is 0.416 e. The molecule has 0 N–H and O–H groups in total. The fourth-order valence-electron chi connectivity index (χ4n) is 2.94. The van der Waals surface area contributed by atoms with E-state index in [2.05, 4.69) is 22.5 Å². The first-order valence-electron chi connectivity index (χ1n) is 8.85. The maximum absolute atomic E-state index is 12.9. The fraction of sp³-hybridized carbons (Fsp3) is 0.286. The topological polar surface area (TPSA) is 29.5 Å². The van der Waals surface area contributed by atoms with Crippen LogP contribution in [0.25, 0.3) is 0 Å². The van der Waals surface area contributed by atoms with Crippen LogP contribution in [0.2, 0.25) is 0 Å². The molecule has 0 bridgehead atoms. The molecule has 0 radical (unpaired) electrons. The van der Waals surface area contributed by atoms with Crippen LogP contribution >= 0.6 is 15.9 Å². The maximum atomic E-state index is 12.9. The average Bonchev–Trinajstić information content (AvgIpc) is 3.11. The highest BCUT2D eigenvalue weighted by Crippen LogP contribution is 2.36. The van der Waals surface area contributed by atoms with Gasteiger partial charge in [0.1, 0.15) is 12.4 Å². The molecule has 0 fully saturated rings. The number of alkyl halides is 3. The molecule has 1 aliphatic heterocycles. The Morgan fingerprint density at radius 3 is 2.64 bits per heavy atom. The van der Waals surface area contributed by atoms with Crippen molar-refractivity contribution in [2.24, 2.45) is 0 Å². The quantitative estimate of drug-likeness (QED) is 0.517. The molecule has 1 aliphatic rings. The van der Waals surface area contributed by atoms with E-state index in [0.29, 0.717) is 28.8 Å². The van der Waals surface area contributed by atoms with E-state index in [1.807, 2.05) is 19.9 Å². The Balaban J connectivity index is 0.00000136. The largest absolute Gasteiger partial charge is 0.489 e. The third-order valence-corrected chi connectivity index (χ3v) is 4.56. The van der Waals surface area contributed by atoms with Crippen molar-refractivity contribution in [1.29, 1.82) is 0 Å². The van der Waals surface area contributed by atoms with Gasteiger partial charge in [-0.1, -0.05) is 42.4 Å². The Hall–Kier alpha value is -2.28. The van der Waals surface area contributed by atoms with Gasteiger partial charge in [-0.05, 0) is 48.4 Å². The van der Waals surface area contributed by atoms with Crippen molar-refractivity contribution in [3.63, 3.8) is 0 Å². The van der Waals surface area contributed by atoms with E-state index in [4.69, 9.17) is 4.74 Å². The number of fused-ring (bicyclic) bond motifs is 1. The number of nitrogens with zero attached hydrogens (tertiary/aromatic N) is 1. The van der Waals surface area contributed by atoms with Crippen molar-refractivity contribution in [1.82, 2.24) is 0 Å². The number of amides is 1. The molecule has 150 valence electrons. The number of ether oxygens (including phenoxy) is 1.